The molecule has 0 fully saturated rings. The molecular weight excluding hydrogens is 136 g/mol. The fraction of sp³-hybridized carbons (Fsp3) is 0.667. The molecule has 56 valence electrons. The maximum Gasteiger partial charge on any atom is 0.345 e. The van der Waals surface area contributed by atoms with Crippen molar-refractivity contribution in [3.8, 4) is 0 Å². The molecule has 0 aliphatic carbocycles. The lowest BCUT2D eigenvalue weighted by Crippen LogP contribution is -2.19. The fourth-order valence-corrected chi connectivity index (χ4v) is 0.145. The number of rotatable bonds is 3. The Kier molecular flexibility index (Phi) is 6.65. The van der Waals surface area contributed by atoms with Gasteiger partial charge in [-0.05, 0) is 0 Å². The molecule has 9 heavy (non-hydrogen) atoms. The molecule has 1 amide bonds. The first-order valence-corrected chi connectivity index (χ1v) is 1.81. The minimum absolute atomic E-state index is 0. The summed E-state index contributed by atoms with van der Waals surface area (Å²) in [6, 6.07) is 0. The Morgan fingerprint density at radius 2 is 2.11 bits per heavy atom. The molecule has 0 aliphatic rings. The summed E-state index contributed by atoms with van der Waals surface area (Å²) < 4.78 is 25.4. The molecule has 6 heteroatoms. The van der Waals surface area contributed by atoms with Gasteiger partial charge >= 0.3 is 6.61 Å². The van der Waals surface area contributed by atoms with Gasteiger partial charge in [-0.2, -0.15) is 8.78 Å². The maximum absolute atomic E-state index is 11.0. The predicted octanol–water partition coefficient (Wildman–Crippen LogP) is -1.11. The summed E-state index contributed by atoms with van der Waals surface area (Å²) in [6.07, 6.45) is 0. The van der Waals surface area contributed by atoms with E-state index in [1.165, 1.54) is 0 Å². The van der Waals surface area contributed by atoms with E-state index in [2.05, 4.69) is 10.5 Å². The highest BCUT2D eigenvalue weighted by Crippen LogP contribution is 1.91. The van der Waals surface area contributed by atoms with Crippen molar-refractivity contribution in [2.24, 2.45) is 5.73 Å². The highest BCUT2D eigenvalue weighted by Gasteiger charge is 2.02. The van der Waals surface area contributed by atoms with E-state index in [-0.39, 0.29) is 5.48 Å². The third-order valence-corrected chi connectivity index (χ3v) is 0.352. The quantitative estimate of drug-likeness (QED) is 0.543. The van der Waals surface area contributed by atoms with Crippen molar-refractivity contribution in [2.75, 3.05) is 6.61 Å². The summed E-state index contributed by atoms with van der Waals surface area (Å²) in [7, 11) is 0. The number of carbonyl (C=O) groups is 1. The van der Waals surface area contributed by atoms with Crippen molar-refractivity contribution in [3.63, 3.8) is 0 Å². The fourth-order valence-electron chi connectivity index (χ4n) is 0.145. The number of carbonyl (C=O) groups excluding carboxylic acids is 1. The molecule has 0 rings (SSSR count). The number of primary amides is 1. The molecule has 0 unspecified atom stereocenters. The van der Waals surface area contributed by atoms with E-state index >= 15 is 0 Å². The van der Waals surface area contributed by atoms with Crippen LogP contribution >= 0.6 is 0 Å². The van der Waals surface area contributed by atoms with Gasteiger partial charge in [-0.3, -0.25) is 4.79 Å². The molecular formula is C3H7F2NO3. The summed E-state index contributed by atoms with van der Waals surface area (Å²) in [4.78, 5) is 9.67. The maximum atomic E-state index is 11.0. The number of hydrogen-bond acceptors (Lipinski definition) is 2. The number of hydrogen-bond donors (Lipinski definition) is 1. The zero-order chi connectivity index (χ0) is 6.57. The second-order valence-electron chi connectivity index (χ2n) is 1.04. The van der Waals surface area contributed by atoms with Crippen LogP contribution in [0.5, 0.6) is 0 Å². The molecule has 0 aliphatic heterocycles. The van der Waals surface area contributed by atoms with E-state index in [9.17, 15) is 13.6 Å². The molecule has 0 saturated heterocycles. The number of nitrogens with two attached hydrogens (primary N) is 1. The van der Waals surface area contributed by atoms with Crippen LogP contribution in [0.1, 0.15) is 0 Å². The molecule has 0 saturated carbocycles. The highest BCUT2D eigenvalue weighted by atomic mass is 19.3. The van der Waals surface area contributed by atoms with Crippen LogP contribution in [0.2, 0.25) is 0 Å². The van der Waals surface area contributed by atoms with E-state index in [4.69, 9.17) is 0 Å². The van der Waals surface area contributed by atoms with Crippen LogP contribution < -0.4 is 5.73 Å². The molecule has 0 radical (unpaired) electrons. The summed E-state index contributed by atoms with van der Waals surface area (Å²) in [5.41, 5.74) is 4.44. The lowest BCUT2D eigenvalue weighted by molar-refractivity contribution is -0.149. The van der Waals surface area contributed by atoms with E-state index in [0.29, 0.717) is 0 Å². The summed E-state index contributed by atoms with van der Waals surface area (Å²) >= 11 is 0. The van der Waals surface area contributed by atoms with Gasteiger partial charge in [0, 0.05) is 0 Å². The van der Waals surface area contributed by atoms with Crippen molar-refractivity contribution in [1.82, 2.24) is 0 Å². The van der Waals surface area contributed by atoms with Gasteiger partial charge in [-0.1, -0.05) is 0 Å². The minimum Gasteiger partial charge on any atom is -0.412 e. The van der Waals surface area contributed by atoms with Gasteiger partial charge in [0.25, 0.3) is 0 Å². The minimum atomic E-state index is -2.91. The van der Waals surface area contributed by atoms with Crippen LogP contribution in [0.3, 0.4) is 0 Å². The average molecular weight is 143 g/mol. The molecule has 0 atom stereocenters. The summed E-state index contributed by atoms with van der Waals surface area (Å²) in [5.74, 6) is -0.898. The molecule has 0 aromatic heterocycles. The summed E-state index contributed by atoms with van der Waals surface area (Å²) in [6.45, 7) is -3.64. The van der Waals surface area contributed by atoms with Gasteiger partial charge in [-0.25, -0.2) is 0 Å². The van der Waals surface area contributed by atoms with Crippen molar-refractivity contribution in [1.29, 1.82) is 0 Å². The van der Waals surface area contributed by atoms with Gasteiger partial charge < -0.3 is 15.9 Å². The molecule has 0 bridgehead atoms. The van der Waals surface area contributed by atoms with Crippen LogP contribution in [0, 0.1) is 0 Å². The number of alkyl halides is 2. The van der Waals surface area contributed by atoms with Crippen LogP contribution in [0.4, 0.5) is 8.78 Å². The smallest absolute Gasteiger partial charge is 0.345 e. The zero-order valence-electron chi connectivity index (χ0n) is 4.43. The number of ether oxygens (including phenoxy) is 1. The van der Waals surface area contributed by atoms with Gasteiger partial charge in [0.05, 0.1) is 0 Å². The molecule has 0 spiro atoms. The SMILES string of the molecule is NC(=O)COC(F)F.O. The number of halogens is 2. The Morgan fingerprint density at radius 3 is 2.22 bits per heavy atom. The standard InChI is InChI=1S/C3H5F2NO2.H2O/c4-3(5)8-1-2(6)7;/h3H,1H2,(H2,6,7);1H2. The first kappa shape index (κ1) is 11.1. The van der Waals surface area contributed by atoms with Gasteiger partial charge in [-0.15, -0.1) is 0 Å². The molecule has 0 aromatic rings. The second-order valence-corrected chi connectivity index (χ2v) is 1.04. The lowest BCUT2D eigenvalue weighted by Gasteiger charge is -1.95. The van der Waals surface area contributed by atoms with Crippen LogP contribution in [0.25, 0.3) is 0 Å². The Balaban J connectivity index is 0. The average Bonchev–Trinajstić information content (AvgIpc) is 1.61. The second kappa shape index (κ2) is 5.39. The molecule has 4 N–H and O–H groups in total. The normalized spacial score (nSPS) is 8.78. The Morgan fingerprint density at radius 1 is 1.67 bits per heavy atom. The van der Waals surface area contributed by atoms with Gasteiger partial charge in [0.15, 0.2) is 0 Å². The Hall–Kier alpha value is -0.750. The summed E-state index contributed by atoms with van der Waals surface area (Å²) in [5, 5.41) is 0. The third-order valence-electron chi connectivity index (χ3n) is 0.352. The Bertz CT molecular complexity index is 87.1. The predicted molar refractivity (Wildman–Crippen MR) is 24.8 cm³/mol. The lowest BCUT2D eigenvalue weighted by atomic mass is 10.7. The van der Waals surface area contributed by atoms with Gasteiger partial charge in [0.2, 0.25) is 5.91 Å². The Labute approximate surface area is 49.9 Å². The van der Waals surface area contributed by atoms with Crippen molar-refractivity contribution < 1.29 is 23.8 Å². The molecule has 4 nitrogen and oxygen atoms in total. The number of amides is 1. The highest BCUT2D eigenvalue weighted by molar-refractivity contribution is 5.74. The largest absolute Gasteiger partial charge is 0.412 e. The van der Waals surface area contributed by atoms with Gasteiger partial charge in [0.1, 0.15) is 6.61 Å². The van der Waals surface area contributed by atoms with Crippen molar-refractivity contribution >= 4 is 5.91 Å². The third kappa shape index (κ3) is 11.1. The van der Waals surface area contributed by atoms with E-state index < -0.39 is 19.1 Å². The van der Waals surface area contributed by atoms with E-state index in [1.54, 1.807) is 0 Å². The first-order chi connectivity index (χ1) is 3.63. The first-order valence-electron chi connectivity index (χ1n) is 1.81. The monoisotopic (exact) mass is 143 g/mol. The van der Waals surface area contributed by atoms with E-state index in [1.807, 2.05) is 0 Å². The molecule has 0 heterocycles. The van der Waals surface area contributed by atoms with Crippen LogP contribution in [0.15, 0.2) is 0 Å². The van der Waals surface area contributed by atoms with Crippen LogP contribution in [-0.2, 0) is 9.53 Å². The topological polar surface area (TPSA) is 83.8 Å². The van der Waals surface area contributed by atoms with Crippen molar-refractivity contribution in [2.45, 2.75) is 6.61 Å². The van der Waals surface area contributed by atoms with E-state index in [0.717, 1.165) is 0 Å². The zero-order valence-corrected chi connectivity index (χ0v) is 4.43. The van der Waals surface area contributed by atoms with Crippen LogP contribution in [-0.4, -0.2) is 24.6 Å². The molecule has 0 aromatic carbocycles. The van der Waals surface area contributed by atoms with Crippen molar-refractivity contribution in [3.05, 3.63) is 0 Å².